The van der Waals surface area contributed by atoms with Crippen LogP contribution in [0.5, 0.6) is 0 Å². The molecule has 0 aliphatic rings. The van der Waals surface area contributed by atoms with E-state index in [1.807, 2.05) is 19.3 Å². The van der Waals surface area contributed by atoms with E-state index < -0.39 is 0 Å². The summed E-state index contributed by atoms with van der Waals surface area (Å²) in [6.45, 7) is 0.455. The zero-order valence-corrected chi connectivity index (χ0v) is 12.7. The summed E-state index contributed by atoms with van der Waals surface area (Å²) in [7, 11) is 1.84. The first kappa shape index (κ1) is 15.2. The first-order valence-electron chi connectivity index (χ1n) is 7.29. The van der Waals surface area contributed by atoms with Crippen molar-refractivity contribution in [3.8, 4) is 0 Å². The van der Waals surface area contributed by atoms with Gasteiger partial charge in [0, 0.05) is 25.0 Å². The predicted octanol–water partition coefficient (Wildman–Crippen LogP) is 1.95. The van der Waals surface area contributed by atoms with E-state index in [2.05, 4.69) is 15.5 Å². The van der Waals surface area contributed by atoms with E-state index in [0.29, 0.717) is 6.54 Å². The molecule has 0 amide bonds. The molecule has 6 nitrogen and oxygen atoms in total. The number of aromatic nitrogens is 4. The number of anilines is 1. The number of rotatable bonds is 6. The highest BCUT2D eigenvalue weighted by atomic mass is 19.1. The van der Waals surface area contributed by atoms with E-state index in [0.717, 1.165) is 16.8 Å². The van der Waals surface area contributed by atoms with Gasteiger partial charge in [-0.2, -0.15) is 10.2 Å². The van der Waals surface area contributed by atoms with E-state index >= 15 is 0 Å². The lowest BCUT2D eigenvalue weighted by Crippen LogP contribution is -2.12. The quantitative estimate of drug-likeness (QED) is 0.729. The van der Waals surface area contributed by atoms with Gasteiger partial charge in [-0.25, -0.2) is 4.39 Å². The highest BCUT2D eigenvalue weighted by molar-refractivity contribution is 5.46. The van der Waals surface area contributed by atoms with Crippen LogP contribution >= 0.6 is 0 Å². The summed E-state index contributed by atoms with van der Waals surface area (Å²) < 4.78 is 17.0. The number of hydrogen-bond acceptors (Lipinski definition) is 4. The van der Waals surface area contributed by atoms with Crippen molar-refractivity contribution in [3.05, 3.63) is 66.0 Å². The molecule has 0 bridgehead atoms. The molecule has 1 unspecified atom stereocenters. The highest BCUT2D eigenvalue weighted by Crippen LogP contribution is 2.26. The number of aliphatic hydroxyl groups is 1. The van der Waals surface area contributed by atoms with Gasteiger partial charge in [0.2, 0.25) is 0 Å². The van der Waals surface area contributed by atoms with Crippen LogP contribution in [0.4, 0.5) is 10.1 Å². The van der Waals surface area contributed by atoms with Gasteiger partial charge in [-0.15, -0.1) is 0 Å². The third-order valence-corrected chi connectivity index (χ3v) is 3.51. The van der Waals surface area contributed by atoms with Crippen LogP contribution in [-0.2, 0) is 13.6 Å². The maximum absolute atomic E-state index is 13.6. The number of halogens is 1. The summed E-state index contributed by atoms with van der Waals surface area (Å²) in [5.41, 5.74) is 2.51. The minimum absolute atomic E-state index is 0.0249. The fourth-order valence-corrected chi connectivity index (χ4v) is 2.46. The Labute approximate surface area is 133 Å². The molecule has 2 aromatic heterocycles. The zero-order valence-electron chi connectivity index (χ0n) is 12.7. The van der Waals surface area contributed by atoms with Crippen LogP contribution in [0.2, 0.25) is 0 Å². The van der Waals surface area contributed by atoms with Crippen LogP contribution in [0, 0.1) is 5.82 Å². The second-order valence-corrected chi connectivity index (χ2v) is 5.30. The predicted molar refractivity (Wildman–Crippen MR) is 84.4 cm³/mol. The number of nitrogens with one attached hydrogen (secondary N) is 1. The van der Waals surface area contributed by atoms with Gasteiger partial charge < -0.3 is 10.4 Å². The molecule has 2 N–H and O–H groups in total. The molecule has 0 saturated heterocycles. The molecule has 3 rings (SSSR count). The second-order valence-electron chi connectivity index (χ2n) is 5.30. The van der Waals surface area contributed by atoms with Crippen LogP contribution in [-0.4, -0.2) is 31.3 Å². The zero-order chi connectivity index (χ0) is 16.2. The molecule has 0 saturated carbocycles. The number of benzene rings is 1. The average molecular weight is 315 g/mol. The van der Waals surface area contributed by atoms with E-state index in [9.17, 15) is 4.39 Å². The molecule has 3 aromatic rings. The number of hydrogen-bond donors (Lipinski definition) is 2. The van der Waals surface area contributed by atoms with Gasteiger partial charge in [0.05, 0.1) is 37.3 Å². The summed E-state index contributed by atoms with van der Waals surface area (Å²) in [6.07, 6.45) is 7.12. The second kappa shape index (κ2) is 6.62. The molecule has 7 heteroatoms. The van der Waals surface area contributed by atoms with Crippen molar-refractivity contribution in [1.29, 1.82) is 0 Å². The Morgan fingerprint density at radius 1 is 1.22 bits per heavy atom. The third-order valence-electron chi connectivity index (χ3n) is 3.51. The Bertz CT molecular complexity index is 782. The molecule has 2 heterocycles. The van der Waals surface area contributed by atoms with Crippen LogP contribution < -0.4 is 5.32 Å². The third kappa shape index (κ3) is 3.57. The Balaban J connectivity index is 1.91. The van der Waals surface area contributed by atoms with Gasteiger partial charge in [0.1, 0.15) is 5.82 Å². The molecular weight excluding hydrogens is 297 g/mol. The lowest BCUT2D eigenvalue weighted by molar-refractivity contribution is 0.269. The topological polar surface area (TPSA) is 67.9 Å². The number of aryl methyl sites for hydroxylation is 1. The monoisotopic (exact) mass is 315 g/mol. The standard InChI is InChI=1S/C16H18FN5O/c1-21-10-13(8-18-21)16(12-3-2-4-14(17)7-12)20-15-9-19-22(11-15)5-6-23/h2-4,7-11,16,20,23H,5-6H2,1H3. The van der Waals surface area contributed by atoms with Crippen LogP contribution in [0.15, 0.2) is 49.1 Å². The summed E-state index contributed by atoms with van der Waals surface area (Å²) in [5, 5.41) is 20.7. The van der Waals surface area contributed by atoms with Crippen LogP contribution in [0.25, 0.3) is 0 Å². The van der Waals surface area contributed by atoms with Gasteiger partial charge in [-0.05, 0) is 17.7 Å². The van der Waals surface area contributed by atoms with Gasteiger partial charge in [-0.3, -0.25) is 9.36 Å². The van der Waals surface area contributed by atoms with Crippen LogP contribution in [0.1, 0.15) is 17.2 Å². The van der Waals surface area contributed by atoms with E-state index in [4.69, 9.17) is 5.11 Å². The van der Waals surface area contributed by atoms with Crippen molar-refractivity contribution < 1.29 is 9.50 Å². The fraction of sp³-hybridized carbons (Fsp3) is 0.250. The minimum atomic E-state index is -0.283. The molecular formula is C16H18FN5O. The Kier molecular flexibility index (Phi) is 4.38. The lowest BCUT2D eigenvalue weighted by atomic mass is 10.0. The van der Waals surface area contributed by atoms with Gasteiger partial charge >= 0.3 is 0 Å². The van der Waals surface area contributed by atoms with E-state index in [-0.39, 0.29) is 18.5 Å². The first-order valence-corrected chi connectivity index (χ1v) is 7.29. The summed E-state index contributed by atoms with van der Waals surface area (Å²) >= 11 is 0. The summed E-state index contributed by atoms with van der Waals surface area (Å²) in [6, 6.07) is 6.23. The Morgan fingerprint density at radius 2 is 2.09 bits per heavy atom. The summed E-state index contributed by atoms with van der Waals surface area (Å²) in [4.78, 5) is 0. The smallest absolute Gasteiger partial charge is 0.123 e. The summed E-state index contributed by atoms with van der Waals surface area (Å²) in [5.74, 6) is -0.283. The lowest BCUT2D eigenvalue weighted by Gasteiger charge is -2.18. The molecule has 0 fully saturated rings. The molecule has 1 aromatic carbocycles. The Morgan fingerprint density at radius 3 is 2.78 bits per heavy atom. The van der Waals surface area contributed by atoms with Gasteiger partial charge in [-0.1, -0.05) is 12.1 Å². The maximum atomic E-state index is 13.6. The fourth-order valence-electron chi connectivity index (χ4n) is 2.46. The van der Waals surface area contributed by atoms with Gasteiger partial charge in [0.15, 0.2) is 0 Å². The molecule has 0 radical (unpaired) electrons. The molecule has 1 atom stereocenters. The van der Waals surface area contributed by atoms with Crippen molar-refractivity contribution >= 4 is 5.69 Å². The number of aliphatic hydroxyl groups excluding tert-OH is 1. The average Bonchev–Trinajstić information content (AvgIpc) is 3.14. The van der Waals surface area contributed by atoms with Crippen molar-refractivity contribution in [2.75, 3.05) is 11.9 Å². The minimum Gasteiger partial charge on any atom is -0.394 e. The number of nitrogens with zero attached hydrogens (tertiary/aromatic N) is 4. The first-order chi connectivity index (χ1) is 11.2. The maximum Gasteiger partial charge on any atom is 0.123 e. The van der Waals surface area contributed by atoms with E-state index in [1.54, 1.807) is 34.0 Å². The van der Waals surface area contributed by atoms with Crippen molar-refractivity contribution in [1.82, 2.24) is 19.6 Å². The molecule has 0 aliphatic carbocycles. The van der Waals surface area contributed by atoms with Crippen molar-refractivity contribution in [2.45, 2.75) is 12.6 Å². The van der Waals surface area contributed by atoms with Gasteiger partial charge in [0.25, 0.3) is 0 Å². The Hall–Kier alpha value is -2.67. The largest absolute Gasteiger partial charge is 0.394 e. The van der Waals surface area contributed by atoms with Crippen molar-refractivity contribution in [2.24, 2.45) is 7.05 Å². The highest BCUT2D eigenvalue weighted by Gasteiger charge is 2.17. The molecule has 0 aliphatic heterocycles. The van der Waals surface area contributed by atoms with Crippen LogP contribution in [0.3, 0.4) is 0 Å². The van der Waals surface area contributed by atoms with Crippen molar-refractivity contribution in [3.63, 3.8) is 0 Å². The molecule has 23 heavy (non-hydrogen) atoms. The molecule has 120 valence electrons. The normalized spacial score (nSPS) is 12.3. The van der Waals surface area contributed by atoms with E-state index in [1.165, 1.54) is 12.1 Å². The SMILES string of the molecule is Cn1cc(C(Nc2cnn(CCO)c2)c2cccc(F)c2)cn1. The molecule has 0 spiro atoms.